The molecule has 0 aliphatic carbocycles. The molecule has 2 heterocycles. The summed E-state index contributed by atoms with van der Waals surface area (Å²) in [4.78, 5) is 13.4. The second-order valence-electron chi connectivity index (χ2n) is 9.85. The summed E-state index contributed by atoms with van der Waals surface area (Å²) >= 11 is -1.42. The number of fused-ring (bicyclic) bond motifs is 1. The maximum Gasteiger partial charge on any atom is 0.255 e. The Balaban J connectivity index is 1.63. The lowest BCUT2D eigenvalue weighted by Crippen LogP contribution is -2.39. The van der Waals surface area contributed by atoms with Gasteiger partial charge in [-0.1, -0.05) is 18.2 Å². The molecule has 0 bridgehead atoms. The topological polar surface area (TPSA) is 115 Å². The van der Waals surface area contributed by atoms with Gasteiger partial charge in [-0.05, 0) is 73.2 Å². The first-order valence-electron chi connectivity index (χ1n) is 12.8. The van der Waals surface area contributed by atoms with Crippen LogP contribution in [0.2, 0.25) is 0 Å². The predicted octanol–water partition coefficient (Wildman–Crippen LogP) is 5.18. The Hall–Kier alpha value is -3.38. The molecule has 210 valence electrons. The van der Waals surface area contributed by atoms with Crippen molar-refractivity contribution in [3.63, 3.8) is 0 Å². The van der Waals surface area contributed by atoms with Gasteiger partial charge in [-0.25, -0.2) is 17.5 Å². The van der Waals surface area contributed by atoms with Crippen LogP contribution in [0.4, 0.5) is 10.1 Å². The van der Waals surface area contributed by atoms with Crippen LogP contribution in [0.3, 0.4) is 0 Å². The monoisotopic (exact) mass is 583 g/mol. The van der Waals surface area contributed by atoms with Gasteiger partial charge >= 0.3 is 0 Å². The molecule has 1 fully saturated rings. The van der Waals surface area contributed by atoms with E-state index < -0.39 is 27.2 Å². The molecule has 0 spiro atoms. The molecule has 3 aromatic carbocycles. The number of carbonyl (C=O) groups is 1. The normalized spacial score (nSPS) is 17.1. The fourth-order valence-corrected chi connectivity index (χ4v) is 7.53. The van der Waals surface area contributed by atoms with Crippen LogP contribution < -0.4 is 10.0 Å². The number of piperidine rings is 1. The van der Waals surface area contributed by atoms with Crippen molar-refractivity contribution in [1.29, 1.82) is 0 Å². The first kappa shape index (κ1) is 28.2. The van der Waals surface area contributed by atoms with Crippen LogP contribution in [0.5, 0.6) is 0 Å². The molecule has 1 aromatic heterocycles. The number of amides is 1. The Morgan fingerprint density at radius 3 is 2.55 bits per heavy atom. The summed E-state index contributed by atoms with van der Waals surface area (Å²) in [5.41, 5.74) is 3.15. The van der Waals surface area contributed by atoms with Crippen LogP contribution in [0.15, 0.2) is 70.0 Å². The highest BCUT2D eigenvalue weighted by Crippen LogP contribution is 2.41. The van der Waals surface area contributed by atoms with Crippen molar-refractivity contribution in [2.45, 2.75) is 30.6 Å². The number of halogens is 1. The number of hydrogen-bond donors (Lipinski definition) is 2. The molecule has 40 heavy (non-hydrogen) atoms. The summed E-state index contributed by atoms with van der Waals surface area (Å²) in [6, 6.07) is 16.1. The molecule has 1 aliphatic rings. The van der Waals surface area contributed by atoms with Crippen LogP contribution in [0, 0.1) is 12.7 Å². The van der Waals surface area contributed by atoms with Gasteiger partial charge < -0.3 is 14.3 Å². The largest absolute Gasteiger partial charge is 0.593 e. The molecule has 11 heteroatoms. The number of nitrogens with one attached hydrogen (secondary N) is 2. The highest BCUT2D eigenvalue weighted by atomic mass is 32.2. The van der Waals surface area contributed by atoms with Crippen molar-refractivity contribution in [2.24, 2.45) is 0 Å². The Kier molecular flexibility index (Phi) is 7.92. The molecular formula is C29H30FN3O5S2. The number of furan rings is 1. The van der Waals surface area contributed by atoms with E-state index in [1.807, 2.05) is 6.07 Å². The molecule has 0 radical (unpaired) electrons. The molecule has 1 saturated heterocycles. The van der Waals surface area contributed by atoms with Crippen molar-refractivity contribution in [1.82, 2.24) is 9.62 Å². The van der Waals surface area contributed by atoms with Gasteiger partial charge in [-0.15, -0.1) is 0 Å². The Morgan fingerprint density at radius 2 is 1.88 bits per heavy atom. The maximum absolute atomic E-state index is 13.6. The standard InChI is InChI=1S/C29H30FN3O5S2/c1-18-7-4-5-9-26(18)40(36,37)33-14-6-8-20(17-33)22-15-23-25(16-24(22)32-39(3)35)38-28(27(23)29(34)31-2)19-10-12-21(30)13-11-19/h4-5,7,9-13,15-16,20,32H,6,8,14,17H2,1-3H3,(H,31,34)/t20-,39-/m0/s1. The Bertz CT molecular complexity index is 1670. The molecule has 1 amide bonds. The average Bonchev–Trinajstić information content (AvgIpc) is 3.30. The van der Waals surface area contributed by atoms with Crippen molar-refractivity contribution in [3.05, 3.63) is 83.2 Å². The summed E-state index contributed by atoms with van der Waals surface area (Å²) in [6.07, 6.45) is 2.84. The molecule has 0 unspecified atom stereocenters. The number of sulfonamides is 1. The highest BCUT2D eigenvalue weighted by Gasteiger charge is 2.34. The third kappa shape index (κ3) is 5.34. The minimum absolute atomic E-state index is 0.227. The Labute approximate surface area is 235 Å². The van der Waals surface area contributed by atoms with Gasteiger partial charge in [0.05, 0.1) is 27.5 Å². The highest BCUT2D eigenvalue weighted by molar-refractivity contribution is 7.92. The molecule has 1 aliphatic heterocycles. The van der Waals surface area contributed by atoms with Crippen LogP contribution in [0.25, 0.3) is 22.3 Å². The van der Waals surface area contributed by atoms with Gasteiger partial charge in [0.15, 0.2) is 0 Å². The van der Waals surface area contributed by atoms with Gasteiger partial charge in [0, 0.05) is 37.2 Å². The number of nitrogens with zero attached hydrogens (tertiary/aromatic N) is 1. The Morgan fingerprint density at radius 1 is 1.15 bits per heavy atom. The summed E-state index contributed by atoms with van der Waals surface area (Å²) in [6.45, 7) is 2.39. The lowest BCUT2D eigenvalue weighted by Gasteiger charge is -2.33. The minimum atomic E-state index is -3.73. The summed E-state index contributed by atoms with van der Waals surface area (Å²) in [7, 11) is -2.22. The van der Waals surface area contributed by atoms with Gasteiger partial charge in [-0.3, -0.25) is 4.79 Å². The third-order valence-electron chi connectivity index (χ3n) is 7.21. The number of anilines is 1. The van der Waals surface area contributed by atoms with E-state index in [0.717, 1.165) is 5.56 Å². The first-order chi connectivity index (χ1) is 19.1. The van der Waals surface area contributed by atoms with Gasteiger partial charge in [0.25, 0.3) is 5.91 Å². The van der Waals surface area contributed by atoms with Crippen LogP contribution >= 0.6 is 0 Å². The third-order valence-corrected chi connectivity index (χ3v) is 9.74. The number of rotatable bonds is 7. The number of benzene rings is 3. The average molecular weight is 584 g/mol. The zero-order valence-corrected chi connectivity index (χ0v) is 24.0. The summed E-state index contributed by atoms with van der Waals surface area (Å²) in [5.74, 6) is -0.744. The van der Waals surface area contributed by atoms with E-state index >= 15 is 0 Å². The van der Waals surface area contributed by atoms with Crippen LogP contribution in [-0.4, -0.2) is 49.6 Å². The van der Waals surface area contributed by atoms with E-state index in [0.29, 0.717) is 47.2 Å². The second kappa shape index (κ2) is 11.2. The fourth-order valence-electron chi connectivity index (χ4n) is 5.30. The van der Waals surface area contributed by atoms with E-state index in [1.165, 1.54) is 41.9 Å². The predicted molar refractivity (Wildman–Crippen MR) is 155 cm³/mol. The quantitative estimate of drug-likeness (QED) is 0.290. The SMILES string of the molecule is CNC(=O)c1c(-c2ccc(F)cc2)oc2cc(N[S@+](C)[O-])c([C@H]3CCCN(S(=O)(=O)c4ccccc4C)C3)cc12. The number of hydrogen-bond acceptors (Lipinski definition) is 6. The number of aryl methyl sites for hydroxylation is 1. The fraction of sp³-hybridized carbons (Fsp3) is 0.276. The van der Waals surface area contributed by atoms with Crippen molar-refractivity contribution < 1.29 is 26.6 Å². The van der Waals surface area contributed by atoms with E-state index in [1.54, 1.807) is 37.3 Å². The minimum Gasteiger partial charge on any atom is -0.593 e. The lowest BCUT2D eigenvalue weighted by atomic mass is 9.89. The zero-order valence-electron chi connectivity index (χ0n) is 22.4. The first-order valence-corrected chi connectivity index (χ1v) is 15.8. The van der Waals surface area contributed by atoms with Crippen LogP contribution in [-0.2, 0) is 21.4 Å². The summed E-state index contributed by atoms with van der Waals surface area (Å²) in [5, 5.41) is 3.18. The number of carbonyl (C=O) groups excluding carboxylic acids is 1. The van der Waals surface area contributed by atoms with Crippen molar-refractivity contribution in [2.75, 3.05) is 31.1 Å². The van der Waals surface area contributed by atoms with Crippen molar-refractivity contribution >= 4 is 43.9 Å². The molecule has 4 aromatic rings. The zero-order chi connectivity index (χ0) is 28.6. The van der Waals surface area contributed by atoms with E-state index in [4.69, 9.17) is 4.42 Å². The van der Waals surface area contributed by atoms with E-state index in [-0.39, 0.29) is 34.6 Å². The summed E-state index contributed by atoms with van der Waals surface area (Å²) < 4.78 is 63.7. The van der Waals surface area contributed by atoms with Gasteiger partial charge in [0.2, 0.25) is 10.0 Å². The van der Waals surface area contributed by atoms with Crippen molar-refractivity contribution in [3.8, 4) is 11.3 Å². The molecule has 8 nitrogen and oxygen atoms in total. The van der Waals surface area contributed by atoms with Crippen LogP contribution in [0.1, 0.15) is 40.2 Å². The van der Waals surface area contributed by atoms with E-state index in [2.05, 4.69) is 10.0 Å². The van der Waals surface area contributed by atoms with Gasteiger partial charge in [-0.2, -0.15) is 4.31 Å². The maximum atomic E-state index is 13.6. The molecule has 0 saturated carbocycles. The smallest absolute Gasteiger partial charge is 0.255 e. The second-order valence-corrected chi connectivity index (χ2v) is 12.9. The van der Waals surface area contributed by atoms with Gasteiger partial charge in [0.1, 0.15) is 23.4 Å². The van der Waals surface area contributed by atoms with E-state index in [9.17, 15) is 22.2 Å². The lowest BCUT2D eigenvalue weighted by molar-refractivity contribution is 0.0964. The molecular weight excluding hydrogens is 553 g/mol. The molecule has 2 N–H and O–H groups in total. The molecule has 2 atom stereocenters. The molecule has 5 rings (SSSR count).